The highest BCUT2D eigenvalue weighted by Crippen LogP contribution is 2.31. The zero-order valence-corrected chi connectivity index (χ0v) is 13.7. The van der Waals surface area contributed by atoms with E-state index in [-0.39, 0.29) is 30.1 Å². The summed E-state index contributed by atoms with van der Waals surface area (Å²) in [6.07, 6.45) is -4.47. The minimum absolute atomic E-state index is 0.0353. The van der Waals surface area contributed by atoms with Gasteiger partial charge in [0.2, 0.25) is 5.91 Å². The molecule has 0 fully saturated rings. The molecule has 1 aromatic rings. The van der Waals surface area contributed by atoms with E-state index in [4.69, 9.17) is 0 Å². The molecule has 4 nitrogen and oxygen atoms in total. The number of alkyl halides is 3. The molecule has 1 unspecified atom stereocenters. The number of carbonyl (C=O) groups is 1. The molecule has 0 spiro atoms. The summed E-state index contributed by atoms with van der Waals surface area (Å²) < 4.78 is 38.2. The monoisotopic (exact) mass is 332 g/mol. The average Bonchev–Trinajstić information content (AvgIpc) is 2.35. The summed E-state index contributed by atoms with van der Waals surface area (Å²) in [5.41, 5.74) is -2.58. The van der Waals surface area contributed by atoms with Crippen molar-refractivity contribution in [3.8, 4) is 0 Å². The molecule has 0 saturated heterocycles. The standard InChI is InChI=1S/C16H23F3N2O2/c1-14(2,3)21-13(22)9-20-10-15(4,23)11-6-5-7-12(8-11)16(17,18)19/h5-8,20,23H,9-10H2,1-4H3,(H,21,22). The summed E-state index contributed by atoms with van der Waals surface area (Å²) in [5.74, 6) is -0.252. The van der Waals surface area contributed by atoms with E-state index in [1.165, 1.54) is 19.1 Å². The third-order valence-corrected chi connectivity index (χ3v) is 3.08. The van der Waals surface area contributed by atoms with Gasteiger partial charge in [-0.3, -0.25) is 4.79 Å². The molecule has 130 valence electrons. The summed E-state index contributed by atoms with van der Waals surface area (Å²) in [6, 6.07) is 4.53. The quantitative estimate of drug-likeness (QED) is 0.776. The lowest BCUT2D eigenvalue weighted by Crippen LogP contribution is -2.46. The Bertz CT molecular complexity index is 549. The summed E-state index contributed by atoms with van der Waals surface area (Å²) >= 11 is 0. The first-order valence-electron chi connectivity index (χ1n) is 7.23. The van der Waals surface area contributed by atoms with Gasteiger partial charge in [0, 0.05) is 12.1 Å². The van der Waals surface area contributed by atoms with Crippen LogP contribution in [0.3, 0.4) is 0 Å². The van der Waals surface area contributed by atoms with Crippen LogP contribution in [0.2, 0.25) is 0 Å². The van der Waals surface area contributed by atoms with Crippen molar-refractivity contribution in [1.29, 1.82) is 0 Å². The molecule has 1 rings (SSSR count). The molecule has 1 amide bonds. The number of hydrogen-bond donors (Lipinski definition) is 3. The molecule has 7 heteroatoms. The molecule has 1 atom stereocenters. The lowest BCUT2D eigenvalue weighted by molar-refractivity contribution is -0.137. The van der Waals surface area contributed by atoms with Gasteiger partial charge in [-0.25, -0.2) is 0 Å². The molecule has 0 radical (unpaired) electrons. The van der Waals surface area contributed by atoms with Crippen LogP contribution in [0.1, 0.15) is 38.8 Å². The zero-order chi connectivity index (χ0) is 17.9. The number of carbonyl (C=O) groups excluding carboxylic acids is 1. The van der Waals surface area contributed by atoms with Gasteiger partial charge in [0.15, 0.2) is 0 Å². The maximum Gasteiger partial charge on any atom is 0.416 e. The lowest BCUT2D eigenvalue weighted by Gasteiger charge is -2.26. The molecule has 0 saturated carbocycles. The minimum atomic E-state index is -4.47. The molecule has 0 aliphatic rings. The smallest absolute Gasteiger partial charge is 0.384 e. The van der Waals surface area contributed by atoms with Crippen LogP contribution in [0.5, 0.6) is 0 Å². The number of amides is 1. The van der Waals surface area contributed by atoms with E-state index in [0.29, 0.717) is 0 Å². The van der Waals surface area contributed by atoms with Gasteiger partial charge in [-0.15, -0.1) is 0 Å². The Balaban J connectivity index is 2.68. The van der Waals surface area contributed by atoms with Gasteiger partial charge >= 0.3 is 6.18 Å². The molecular formula is C16H23F3N2O2. The van der Waals surface area contributed by atoms with Crippen molar-refractivity contribution in [3.05, 3.63) is 35.4 Å². The van der Waals surface area contributed by atoms with Gasteiger partial charge in [-0.1, -0.05) is 12.1 Å². The van der Waals surface area contributed by atoms with Gasteiger partial charge in [-0.2, -0.15) is 13.2 Å². The van der Waals surface area contributed by atoms with Crippen LogP contribution in [0.25, 0.3) is 0 Å². The van der Waals surface area contributed by atoms with E-state index >= 15 is 0 Å². The second kappa shape index (κ2) is 6.88. The van der Waals surface area contributed by atoms with Crippen LogP contribution < -0.4 is 10.6 Å². The molecule has 0 bridgehead atoms. The van der Waals surface area contributed by atoms with Gasteiger partial charge in [0.05, 0.1) is 17.7 Å². The summed E-state index contributed by atoms with van der Waals surface area (Å²) in [4.78, 5) is 11.7. The van der Waals surface area contributed by atoms with Gasteiger partial charge in [-0.05, 0) is 45.4 Å². The first-order valence-corrected chi connectivity index (χ1v) is 7.23. The van der Waals surface area contributed by atoms with Crippen LogP contribution >= 0.6 is 0 Å². The van der Waals surface area contributed by atoms with Crippen molar-refractivity contribution in [2.24, 2.45) is 0 Å². The minimum Gasteiger partial charge on any atom is -0.384 e. The Hall–Kier alpha value is -1.60. The predicted molar refractivity (Wildman–Crippen MR) is 81.8 cm³/mol. The van der Waals surface area contributed by atoms with E-state index in [0.717, 1.165) is 12.1 Å². The number of rotatable bonds is 5. The molecular weight excluding hydrogens is 309 g/mol. The normalized spacial score (nSPS) is 15.1. The van der Waals surface area contributed by atoms with E-state index < -0.39 is 17.3 Å². The molecule has 0 aliphatic carbocycles. The van der Waals surface area contributed by atoms with Gasteiger partial charge in [0.25, 0.3) is 0 Å². The number of benzene rings is 1. The van der Waals surface area contributed by atoms with Crippen molar-refractivity contribution in [2.45, 2.75) is 45.0 Å². The SMILES string of the molecule is CC(C)(C)NC(=O)CNCC(C)(O)c1cccc(C(F)(F)F)c1. The van der Waals surface area contributed by atoms with Crippen molar-refractivity contribution in [1.82, 2.24) is 10.6 Å². The Morgan fingerprint density at radius 3 is 2.22 bits per heavy atom. The van der Waals surface area contributed by atoms with Gasteiger partial charge < -0.3 is 15.7 Å². The third-order valence-electron chi connectivity index (χ3n) is 3.08. The molecule has 0 aliphatic heterocycles. The first kappa shape index (κ1) is 19.4. The Kier molecular flexibility index (Phi) is 5.82. The fraction of sp³-hybridized carbons (Fsp3) is 0.562. The fourth-order valence-electron chi connectivity index (χ4n) is 2.01. The zero-order valence-electron chi connectivity index (χ0n) is 13.7. The van der Waals surface area contributed by atoms with E-state index in [2.05, 4.69) is 10.6 Å². The number of aliphatic hydroxyl groups is 1. The number of halogens is 3. The van der Waals surface area contributed by atoms with Crippen molar-refractivity contribution in [3.63, 3.8) is 0 Å². The van der Waals surface area contributed by atoms with Crippen molar-refractivity contribution < 1.29 is 23.1 Å². The maximum absolute atomic E-state index is 12.7. The number of hydrogen-bond acceptors (Lipinski definition) is 3. The van der Waals surface area contributed by atoms with E-state index in [9.17, 15) is 23.1 Å². The molecule has 3 N–H and O–H groups in total. The summed E-state index contributed by atoms with van der Waals surface area (Å²) in [7, 11) is 0. The largest absolute Gasteiger partial charge is 0.416 e. The maximum atomic E-state index is 12.7. The highest BCUT2D eigenvalue weighted by Gasteiger charge is 2.32. The highest BCUT2D eigenvalue weighted by atomic mass is 19.4. The third kappa shape index (κ3) is 6.58. The second-order valence-corrected chi connectivity index (χ2v) is 6.75. The summed E-state index contributed by atoms with van der Waals surface area (Å²) in [6.45, 7) is 6.83. The molecule has 1 aromatic carbocycles. The topological polar surface area (TPSA) is 61.4 Å². The van der Waals surface area contributed by atoms with Crippen LogP contribution in [0.15, 0.2) is 24.3 Å². The summed E-state index contributed by atoms with van der Waals surface area (Å²) in [5, 5.41) is 15.9. The Morgan fingerprint density at radius 1 is 1.13 bits per heavy atom. The number of nitrogens with one attached hydrogen (secondary N) is 2. The van der Waals surface area contributed by atoms with Crippen LogP contribution in [0.4, 0.5) is 13.2 Å². The van der Waals surface area contributed by atoms with Crippen LogP contribution in [0, 0.1) is 0 Å². The fourth-order valence-corrected chi connectivity index (χ4v) is 2.01. The van der Waals surface area contributed by atoms with Crippen LogP contribution in [-0.4, -0.2) is 29.6 Å². The molecule has 23 heavy (non-hydrogen) atoms. The predicted octanol–water partition coefficient (Wildman–Crippen LogP) is 2.42. The Labute approximate surface area is 134 Å². The van der Waals surface area contributed by atoms with Crippen molar-refractivity contribution >= 4 is 5.91 Å². The Morgan fingerprint density at radius 2 is 1.70 bits per heavy atom. The van der Waals surface area contributed by atoms with Crippen molar-refractivity contribution in [2.75, 3.05) is 13.1 Å². The van der Waals surface area contributed by atoms with Crippen LogP contribution in [-0.2, 0) is 16.6 Å². The lowest BCUT2D eigenvalue weighted by atomic mass is 9.94. The van der Waals surface area contributed by atoms with Gasteiger partial charge in [0.1, 0.15) is 0 Å². The van der Waals surface area contributed by atoms with E-state index in [1.54, 1.807) is 0 Å². The van der Waals surface area contributed by atoms with E-state index in [1.807, 2.05) is 20.8 Å². The highest BCUT2D eigenvalue weighted by molar-refractivity contribution is 5.78. The first-order chi connectivity index (χ1) is 10.3. The molecule has 0 heterocycles. The molecule has 0 aromatic heterocycles. The average molecular weight is 332 g/mol. The second-order valence-electron chi connectivity index (χ2n) is 6.75.